The lowest BCUT2D eigenvalue weighted by Crippen LogP contribution is -2.20. The van der Waals surface area contributed by atoms with E-state index in [1.54, 1.807) is 0 Å². The minimum atomic E-state index is -4.86. The quantitative estimate of drug-likeness (QED) is 0.733. The lowest BCUT2D eigenvalue weighted by Gasteiger charge is -2.07. The molecule has 82 valence electrons. The molecule has 0 atom stereocenters. The molecule has 0 spiro atoms. The summed E-state index contributed by atoms with van der Waals surface area (Å²) < 4.78 is 49.1. The Bertz CT molecular complexity index is 389. The van der Waals surface area contributed by atoms with Gasteiger partial charge in [-0.3, -0.25) is 4.79 Å². The van der Waals surface area contributed by atoms with Crippen molar-refractivity contribution in [1.82, 2.24) is 10.3 Å². The number of pyridine rings is 1. The molecule has 1 aromatic heterocycles. The standard InChI is InChI=1S/C8H6F4N2O/c1-13-7(15)4-2-5(9)6(14-3-4)8(10,11)12/h2-3H,1H3,(H,13,15). The van der Waals surface area contributed by atoms with Crippen LogP contribution in [0.25, 0.3) is 0 Å². The van der Waals surface area contributed by atoms with Crippen LogP contribution in [0.2, 0.25) is 0 Å². The Morgan fingerprint density at radius 2 is 2.07 bits per heavy atom. The summed E-state index contributed by atoms with van der Waals surface area (Å²) in [6.07, 6.45) is -4.18. The van der Waals surface area contributed by atoms with Gasteiger partial charge in [-0.2, -0.15) is 13.2 Å². The van der Waals surface area contributed by atoms with Crippen molar-refractivity contribution in [3.63, 3.8) is 0 Å². The van der Waals surface area contributed by atoms with E-state index in [0.29, 0.717) is 12.3 Å². The van der Waals surface area contributed by atoms with Gasteiger partial charge in [0.15, 0.2) is 11.5 Å². The van der Waals surface area contributed by atoms with Crippen LogP contribution < -0.4 is 5.32 Å². The van der Waals surface area contributed by atoms with Gasteiger partial charge in [0, 0.05) is 13.2 Å². The first-order valence-electron chi connectivity index (χ1n) is 3.81. The maximum Gasteiger partial charge on any atom is 0.436 e. The van der Waals surface area contributed by atoms with Crippen molar-refractivity contribution in [2.24, 2.45) is 0 Å². The Balaban J connectivity index is 3.15. The van der Waals surface area contributed by atoms with Gasteiger partial charge in [0.25, 0.3) is 5.91 Å². The van der Waals surface area contributed by atoms with Gasteiger partial charge < -0.3 is 5.32 Å². The Morgan fingerprint density at radius 3 is 2.47 bits per heavy atom. The van der Waals surface area contributed by atoms with Crippen molar-refractivity contribution >= 4 is 5.91 Å². The maximum absolute atomic E-state index is 12.9. The van der Waals surface area contributed by atoms with E-state index in [4.69, 9.17) is 0 Å². The number of amides is 1. The van der Waals surface area contributed by atoms with E-state index in [9.17, 15) is 22.4 Å². The predicted molar refractivity (Wildman–Crippen MR) is 42.6 cm³/mol. The van der Waals surface area contributed by atoms with Crippen molar-refractivity contribution in [3.8, 4) is 0 Å². The van der Waals surface area contributed by atoms with Crippen molar-refractivity contribution in [3.05, 3.63) is 29.3 Å². The average Bonchev–Trinajstić information content (AvgIpc) is 2.14. The molecule has 0 aliphatic rings. The first-order valence-corrected chi connectivity index (χ1v) is 3.81. The van der Waals surface area contributed by atoms with Gasteiger partial charge in [0.2, 0.25) is 0 Å². The first kappa shape index (κ1) is 11.4. The number of carbonyl (C=O) groups excluding carboxylic acids is 1. The van der Waals surface area contributed by atoms with Crippen LogP contribution in [-0.4, -0.2) is 17.9 Å². The molecular formula is C8H6F4N2O. The van der Waals surface area contributed by atoms with Crippen molar-refractivity contribution < 1.29 is 22.4 Å². The molecule has 7 heteroatoms. The van der Waals surface area contributed by atoms with Gasteiger partial charge in [-0.15, -0.1) is 0 Å². The summed E-state index contributed by atoms with van der Waals surface area (Å²) in [6.45, 7) is 0. The maximum atomic E-state index is 12.9. The lowest BCUT2D eigenvalue weighted by atomic mass is 10.2. The molecule has 0 fully saturated rings. The van der Waals surface area contributed by atoms with E-state index < -0.39 is 23.6 Å². The molecule has 0 aromatic carbocycles. The molecule has 1 heterocycles. The van der Waals surface area contributed by atoms with Crippen LogP contribution in [0.15, 0.2) is 12.3 Å². The fraction of sp³-hybridized carbons (Fsp3) is 0.250. The summed E-state index contributed by atoms with van der Waals surface area (Å²) in [5.74, 6) is -2.27. The number of aromatic nitrogens is 1. The number of nitrogens with one attached hydrogen (secondary N) is 1. The van der Waals surface area contributed by atoms with Crippen LogP contribution in [0.1, 0.15) is 16.1 Å². The van der Waals surface area contributed by atoms with Gasteiger partial charge >= 0.3 is 6.18 Å². The fourth-order valence-electron chi connectivity index (χ4n) is 0.915. The van der Waals surface area contributed by atoms with E-state index in [1.807, 2.05) is 0 Å². The average molecular weight is 222 g/mol. The largest absolute Gasteiger partial charge is 0.436 e. The van der Waals surface area contributed by atoms with Crippen molar-refractivity contribution in [1.29, 1.82) is 0 Å². The van der Waals surface area contributed by atoms with Crippen LogP contribution in [0.3, 0.4) is 0 Å². The number of nitrogens with zero attached hydrogens (tertiary/aromatic N) is 1. The van der Waals surface area contributed by atoms with Crippen molar-refractivity contribution in [2.75, 3.05) is 7.05 Å². The van der Waals surface area contributed by atoms with Gasteiger partial charge in [-0.1, -0.05) is 0 Å². The summed E-state index contributed by atoms with van der Waals surface area (Å²) in [5.41, 5.74) is -1.89. The molecule has 0 unspecified atom stereocenters. The molecular weight excluding hydrogens is 216 g/mol. The van der Waals surface area contributed by atoms with Gasteiger partial charge in [-0.25, -0.2) is 9.37 Å². The van der Waals surface area contributed by atoms with Crippen LogP contribution in [0.4, 0.5) is 17.6 Å². The highest BCUT2D eigenvalue weighted by Crippen LogP contribution is 2.29. The van der Waals surface area contributed by atoms with Crippen LogP contribution in [0, 0.1) is 5.82 Å². The third-order valence-electron chi connectivity index (χ3n) is 1.60. The zero-order chi connectivity index (χ0) is 11.6. The zero-order valence-electron chi connectivity index (χ0n) is 7.52. The normalized spacial score (nSPS) is 11.3. The molecule has 0 radical (unpaired) electrons. The third kappa shape index (κ3) is 2.42. The number of alkyl halides is 3. The second kappa shape index (κ2) is 3.84. The summed E-state index contributed by atoms with van der Waals surface area (Å²) in [5, 5.41) is 2.14. The Kier molecular flexibility index (Phi) is 2.92. The summed E-state index contributed by atoms with van der Waals surface area (Å²) >= 11 is 0. The van der Waals surface area contributed by atoms with Gasteiger partial charge in [-0.05, 0) is 6.07 Å². The van der Waals surface area contributed by atoms with Crippen molar-refractivity contribution in [2.45, 2.75) is 6.18 Å². The number of carbonyl (C=O) groups is 1. The predicted octanol–water partition coefficient (Wildman–Crippen LogP) is 1.60. The van der Waals surface area contributed by atoms with Gasteiger partial charge in [0.1, 0.15) is 0 Å². The molecule has 0 aliphatic carbocycles. The Hall–Kier alpha value is -1.66. The van der Waals surface area contributed by atoms with E-state index >= 15 is 0 Å². The molecule has 1 amide bonds. The number of rotatable bonds is 1. The smallest absolute Gasteiger partial charge is 0.355 e. The highest BCUT2D eigenvalue weighted by atomic mass is 19.4. The topological polar surface area (TPSA) is 42.0 Å². The molecule has 1 aromatic rings. The first-order chi connectivity index (χ1) is 6.86. The third-order valence-corrected chi connectivity index (χ3v) is 1.60. The molecule has 15 heavy (non-hydrogen) atoms. The molecule has 0 saturated carbocycles. The SMILES string of the molecule is CNC(=O)c1cnc(C(F)(F)F)c(F)c1. The molecule has 0 saturated heterocycles. The number of halogens is 4. The summed E-state index contributed by atoms with van der Waals surface area (Å²) in [7, 11) is 1.28. The highest BCUT2D eigenvalue weighted by molar-refractivity contribution is 5.93. The van der Waals surface area contributed by atoms with E-state index in [1.165, 1.54) is 7.05 Å². The molecule has 1 N–H and O–H groups in total. The molecule has 1 rings (SSSR count). The summed E-state index contributed by atoms with van der Waals surface area (Å²) in [6, 6.07) is 0.495. The molecule has 0 bridgehead atoms. The summed E-state index contributed by atoms with van der Waals surface area (Å²) in [4.78, 5) is 13.8. The second-order valence-electron chi connectivity index (χ2n) is 2.63. The Labute approximate surface area is 82.1 Å². The van der Waals surface area contributed by atoms with E-state index in [2.05, 4.69) is 10.3 Å². The highest BCUT2D eigenvalue weighted by Gasteiger charge is 2.36. The fourth-order valence-corrected chi connectivity index (χ4v) is 0.915. The molecule has 3 nitrogen and oxygen atoms in total. The van der Waals surface area contributed by atoms with E-state index in [0.717, 1.165) is 0 Å². The minimum Gasteiger partial charge on any atom is -0.355 e. The zero-order valence-corrected chi connectivity index (χ0v) is 7.52. The van der Waals surface area contributed by atoms with Gasteiger partial charge in [0.05, 0.1) is 5.56 Å². The number of hydrogen-bond donors (Lipinski definition) is 1. The number of hydrogen-bond acceptors (Lipinski definition) is 2. The van der Waals surface area contributed by atoms with Crippen LogP contribution in [0.5, 0.6) is 0 Å². The lowest BCUT2D eigenvalue weighted by molar-refractivity contribution is -0.143. The second-order valence-corrected chi connectivity index (χ2v) is 2.63. The van der Waals surface area contributed by atoms with Crippen LogP contribution in [-0.2, 0) is 6.18 Å². The monoisotopic (exact) mass is 222 g/mol. The Morgan fingerprint density at radius 1 is 1.47 bits per heavy atom. The van der Waals surface area contributed by atoms with E-state index in [-0.39, 0.29) is 5.56 Å². The van der Waals surface area contributed by atoms with Crippen LogP contribution >= 0.6 is 0 Å². The minimum absolute atomic E-state index is 0.261. The molecule has 0 aliphatic heterocycles.